The van der Waals surface area contributed by atoms with Crippen LogP contribution in [0.4, 0.5) is 4.39 Å². The Hall–Kier alpha value is -0.970. The second-order valence-electron chi connectivity index (χ2n) is 3.90. The number of aliphatic hydroxyl groups is 1. The summed E-state index contributed by atoms with van der Waals surface area (Å²) in [5.74, 6) is -1.24. The van der Waals surface area contributed by atoms with Crippen LogP contribution in [0.15, 0.2) is 18.2 Å². The number of fused-ring (bicyclic) bond motifs is 2. The molecule has 0 bridgehead atoms. The molecule has 1 spiro atoms. The van der Waals surface area contributed by atoms with Gasteiger partial charge >= 0.3 is 0 Å². The smallest absolute Gasteiger partial charge is 0.198 e. The third-order valence-corrected chi connectivity index (χ3v) is 3.00. The minimum Gasteiger partial charge on any atom is -0.388 e. The lowest BCUT2D eigenvalue weighted by atomic mass is 10.1. The summed E-state index contributed by atoms with van der Waals surface area (Å²) in [5.41, 5.74) is 1.34. The molecule has 1 unspecified atom stereocenters. The molecule has 1 N–H and O–H groups in total. The van der Waals surface area contributed by atoms with Crippen molar-refractivity contribution >= 4 is 0 Å². The molecule has 1 fully saturated rings. The fraction of sp³-hybridized carbons (Fsp3) is 0.455. The highest BCUT2D eigenvalue weighted by molar-refractivity contribution is 5.38. The molecule has 0 radical (unpaired) electrons. The number of benzene rings is 1. The molecule has 1 aromatic carbocycles. The Bertz CT molecular complexity index is 399. The summed E-state index contributed by atoms with van der Waals surface area (Å²) < 4.78 is 24.1. The predicted octanol–water partition coefficient (Wildman–Crippen LogP) is 1.46. The summed E-state index contributed by atoms with van der Waals surface area (Å²) in [4.78, 5) is 0. The SMILES string of the molecule is OC1CC2(OCCO2)c2cc(F)ccc21. The Balaban J connectivity index is 2.15. The van der Waals surface area contributed by atoms with E-state index in [4.69, 9.17) is 9.47 Å². The van der Waals surface area contributed by atoms with E-state index in [-0.39, 0.29) is 5.82 Å². The van der Waals surface area contributed by atoms with Crippen LogP contribution >= 0.6 is 0 Å². The fourth-order valence-corrected chi connectivity index (χ4v) is 2.35. The van der Waals surface area contributed by atoms with Crippen LogP contribution in [-0.2, 0) is 15.3 Å². The van der Waals surface area contributed by atoms with Gasteiger partial charge < -0.3 is 14.6 Å². The molecule has 1 aliphatic carbocycles. The van der Waals surface area contributed by atoms with Gasteiger partial charge in [-0.25, -0.2) is 4.39 Å². The van der Waals surface area contributed by atoms with Crippen LogP contribution < -0.4 is 0 Å². The first-order chi connectivity index (χ1) is 7.21. The Labute approximate surface area is 86.4 Å². The summed E-state index contributed by atoms with van der Waals surface area (Å²) >= 11 is 0. The Kier molecular flexibility index (Phi) is 1.86. The zero-order chi connectivity index (χ0) is 10.5. The summed E-state index contributed by atoms with van der Waals surface area (Å²) in [6.07, 6.45) is -0.273. The van der Waals surface area contributed by atoms with Crippen LogP contribution in [0.25, 0.3) is 0 Å². The van der Waals surface area contributed by atoms with Gasteiger partial charge in [0.05, 0.1) is 19.3 Å². The third kappa shape index (κ3) is 1.22. The van der Waals surface area contributed by atoms with E-state index in [0.29, 0.717) is 30.8 Å². The highest BCUT2D eigenvalue weighted by Gasteiger charge is 2.48. The predicted molar refractivity (Wildman–Crippen MR) is 49.6 cm³/mol. The van der Waals surface area contributed by atoms with Crippen molar-refractivity contribution in [2.75, 3.05) is 13.2 Å². The fourth-order valence-electron chi connectivity index (χ4n) is 2.35. The quantitative estimate of drug-likeness (QED) is 0.704. The van der Waals surface area contributed by atoms with Crippen molar-refractivity contribution < 1.29 is 19.0 Å². The van der Waals surface area contributed by atoms with Gasteiger partial charge in [0.25, 0.3) is 0 Å². The van der Waals surface area contributed by atoms with E-state index in [1.165, 1.54) is 12.1 Å². The Morgan fingerprint density at radius 1 is 1.33 bits per heavy atom. The van der Waals surface area contributed by atoms with E-state index >= 15 is 0 Å². The summed E-state index contributed by atoms with van der Waals surface area (Å²) in [7, 11) is 0. The van der Waals surface area contributed by atoms with Crippen molar-refractivity contribution in [1.82, 2.24) is 0 Å². The zero-order valence-electron chi connectivity index (χ0n) is 8.07. The van der Waals surface area contributed by atoms with Crippen LogP contribution in [0.5, 0.6) is 0 Å². The number of rotatable bonds is 0. The van der Waals surface area contributed by atoms with Gasteiger partial charge in [-0.3, -0.25) is 0 Å². The highest BCUT2D eigenvalue weighted by atomic mass is 19.1. The maximum atomic E-state index is 13.1. The molecule has 80 valence electrons. The molecule has 1 saturated heterocycles. The van der Waals surface area contributed by atoms with E-state index < -0.39 is 11.9 Å². The molecule has 1 aliphatic heterocycles. The molecule has 15 heavy (non-hydrogen) atoms. The van der Waals surface area contributed by atoms with Crippen molar-refractivity contribution in [3.63, 3.8) is 0 Å². The molecule has 0 amide bonds. The number of ether oxygens (including phenoxy) is 2. The molecule has 1 heterocycles. The van der Waals surface area contributed by atoms with Gasteiger partial charge in [0, 0.05) is 12.0 Å². The minimum atomic E-state index is -0.906. The lowest BCUT2D eigenvalue weighted by molar-refractivity contribution is -0.174. The van der Waals surface area contributed by atoms with Crippen LogP contribution in [0.1, 0.15) is 23.7 Å². The number of aliphatic hydroxyl groups excluding tert-OH is 1. The van der Waals surface area contributed by atoms with Gasteiger partial charge in [-0.05, 0) is 17.7 Å². The number of hydrogen-bond acceptors (Lipinski definition) is 3. The van der Waals surface area contributed by atoms with Gasteiger partial charge in [0.2, 0.25) is 0 Å². The molecular formula is C11H11FO3. The zero-order valence-corrected chi connectivity index (χ0v) is 8.07. The second kappa shape index (κ2) is 3.01. The molecule has 3 rings (SSSR count). The lowest BCUT2D eigenvalue weighted by Crippen LogP contribution is -2.23. The van der Waals surface area contributed by atoms with Crippen molar-refractivity contribution in [2.24, 2.45) is 0 Å². The standard InChI is InChI=1S/C11H11FO3/c12-7-1-2-8-9(5-7)11(6-10(8)13)14-3-4-15-11/h1-2,5,10,13H,3-4,6H2. The van der Waals surface area contributed by atoms with Crippen molar-refractivity contribution in [3.8, 4) is 0 Å². The maximum Gasteiger partial charge on any atom is 0.198 e. The Morgan fingerprint density at radius 2 is 2.07 bits per heavy atom. The monoisotopic (exact) mass is 210 g/mol. The molecule has 4 heteroatoms. The Morgan fingerprint density at radius 3 is 2.80 bits per heavy atom. The second-order valence-corrected chi connectivity index (χ2v) is 3.90. The van der Waals surface area contributed by atoms with Gasteiger partial charge in [0.1, 0.15) is 5.82 Å². The molecule has 2 aliphatic rings. The average Bonchev–Trinajstić information content (AvgIpc) is 2.76. The minimum absolute atomic E-state index is 0.332. The highest BCUT2D eigenvalue weighted by Crippen LogP contribution is 2.48. The van der Waals surface area contributed by atoms with E-state index in [9.17, 15) is 9.50 Å². The lowest BCUT2D eigenvalue weighted by Gasteiger charge is -2.22. The summed E-state index contributed by atoms with van der Waals surface area (Å²) in [6.45, 7) is 0.978. The first-order valence-electron chi connectivity index (χ1n) is 4.97. The average molecular weight is 210 g/mol. The number of hydrogen-bond donors (Lipinski definition) is 1. The van der Waals surface area contributed by atoms with Crippen LogP contribution in [-0.4, -0.2) is 18.3 Å². The van der Waals surface area contributed by atoms with Crippen molar-refractivity contribution in [1.29, 1.82) is 0 Å². The summed E-state index contributed by atoms with van der Waals surface area (Å²) in [6, 6.07) is 4.32. The van der Waals surface area contributed by atoms with Crippen LogP contribution in [0.2, 0.25) is 0 Å². The van der Waals surface area contributed by atoms with Crippen molar-refractivity contribution in [2.45, 2.75) is 18.3 Å². The maximum absolute atomic E-state index is 13.1. The first kappa shape index (κ1) is 9.27. The topological polar surface area (TPSA) is 38.7 Å². The molecule has 1 atom stereocenters. The molecule has 0 aromatic heterocycles. The molecule has 0 saturated carbocycles. The number of halogens is 1. The van der Waals surface area contributed by atoms with Gasteiger partial charge in [-0.15, -0.1) is 0 Å². The van der Waals surface area contributed by atoms with E-state index in [2.05, 4.69) is 0 Å². The molecule has 1 aromatic rings. The largest absolute Gasteiger partial charge is 0.388 e. The van der Waals surface area contributed by atoms with Crippen molar-refractivity contribution in [3.05, 3.63) is 35.1 Å². The van der Waals surface area contributed by atoms with Crippen LogP contribution in [0, 0.1) is 5.82 Å². The first-order valence-corrected chi connectivity index (χ1v) is 4.97. The van der Waals surface area contributed by atoms with Gasteiger partial charge in [-0.2, -0.15) is 0 Å². The van der Waals surface area contributed by atoms with Gasteiger partial charge in [-0.1, -0.05) is 6.07 Å². The van der Waals surface area contributed by atoms with E-state index in [0.717, 1.165) is 0 Å². The normalized spacial score (nSPS) is 27.2. The third-order valence-electron chi connectivity index (χ3n) is 3.00. The van der Waals surface area contributed by atoms with E-state index in [1.54, 1.807) is 6.07 Å². The summed E-state index contributed by atoms with van der Waals surface area (Å²) in [5, 5.41) is 9.82. The molecular weight excluding hydrogens is 199 g/mol. The van der Waals surface area contributed by atoms with Gasteiger partial charge in [0.15, 0.2) is 5.79 Å². The molecule has 3 nitrogen and oxygen atoms in total. The van der Waals surface area contributed by atoms with Crippen LogP contribution in [0.3, 0.4) is 0 Å². The van der Waals surface area contributed by atoms with E-state index in [1.807, 2.05) is 0 Å².